The Balaban J connectivity index is 2.08. The number of unbranched alkanes of at least 4 members (excludes halogenated alkanes) is 3. The molecule has 2 rings (SSSR count). The highest BCUT2D eigenvalue weighted by Gasteiger charge is 2.34. The molecule has 7 heteroatoms. The lowest BCUT2D eigenvalue weighted by Crippen LogP contribution is -2.31. The molecule has 1 aromatic rings. The average Bonchev–Trinajstić information content (AvgIpc) is 2.98. The van der Waals surface area contributed by atoms with Crippen molar-refractivity contribution in [3.05, 3.63) is 35.5 Å². The Hall–Kier alpha value is -2.54. The molecule has 1 heterocycles. The Morgan fingerprint density at radius 2 is 2.11 bits per heavy atom. The molecule has 0 saturated carbocycles. The maximum atomic E-state index is 12.5. The highest BCUT2D eigenvalue weighted by Crippen LogP contribution is 2.25. The van der Waals surface area contributed by atoms with Gasteiger partial charge in [0.15, 0.2) is 0 Å². The molecule has 0 radical (unpaired) electrons. The number of benzene rings is 1. The summed E-state index contributed by atoms with van der Waals surface area (Å²) in [5.74, 6) is -0.195. The number of hydrogen-bond acceptors (Lipinski definition) is 6. The van der Waals surface area contributed by atoms with Crippen molar-refractivity contribution >= 4 is 17.6 Å². The van der Waals surface area contributed by atoms with Crippen molar-refractivity contribution in [1.82, 2.24) is 4.90 Å². The van der Waals surface area contributed by atoms with E-state index in [2.05, 4.69) is 12.2 Å². The van der Waals surface area contributed by atoms with Crippen molar-refractivity contribution in [2.24, 2.45) is 0 Å². The van der Waals surface area contributed by atoms with Crippen LogP contribution in [0.2, 0.25) is 0 Å². The molecule has 1 aliphatic heterocycles. The number of carbonyl (C=O) groups excluding carboxylic acids is 2. The minimum Gasteiger partial charge on any atom is -0.494 e. The first-order valence-corrected chi connectivity index (χ1v) is 9.32. The number of esters is 1. The summed E-state index contributed by atoms with van der Waals surface area (Å²) in [5.41, 5.74) is 1.08. The van der Waals surface area contributed by atoms with Crippen molar-refractivity contribution < 1.29 is 24.2 Å². The number of aliphatic hydroxyl groups is 1. The van der Waals surface area contributed by atoms with Crippen LogP contribution in [0.3, 0.4) is 0 Å². The molecule has 1 amide bonds. The van der Waals surface area contributed by atoms with Crippen molar-refractivity contribution in [3.8, 4) is 5.75 Å². The Bertz CT molecular complexity index is 687. The van der Waals surface area contributed by atoms with Gasteiger partial charge in [0.1, 0.15) is 11.4 Å². The molecule has 2 N–H and O–H groups in total. The number of anilines is 1. The van der Waals surface area contributed by atoms with E-state index >= 15 is 0 Å². The van der Waals surface area contributed by atoms with Gasteiger partial charge in [-0.3, -0.25) is 4.79 Å². The molecule has 0 atom stereocenters. The van der Waals surface area contributed by atoms with E-state index in [1.165, 1.54) is 24.9 Å². The molecule has 0 aliphatic carbocycles. The van der Waals surface area contributed by atoms with E-state index in [0.717, 1.165) is 12.8 Å². The van der Waals surface area contributed by atoms with Gasteiger partial charge in [-0.1, -0.05) is 32.3 Å². The number of hydrogen-bond donors (Lipinski definition) is 2. The van der Waals surface area contributed by atoms with Crippen LogP contribution in [0.4, 0.5) is 5.69 Å². The van der Waals surface area contributed by atoms with Crippen molar-refractivity contribution in [2.75, 3.05) is 38.7 Å². The van der Waals surface area contributed by atoms with Crippen LogP contribution in [-0.4, -0.2) is 55.3 Å². The van der Waals surface area contributed by atoms with Gasteiger partial charge in [0.05, 0.1) is 32.4 Å². The number of aliphatic hydroxyl groups excluding tert-OH is 1. The van der Waals surface area contributed by atoms with E-state index in [0.29, 0.717) is 18.0 Å². The van der Waals surface area contributed by atoms with Gasteiger partial charge in [0.2, 0.25) is 0 Å². The van der Waals surface area contributed by atoms with E-state index in [1.807, 2.05) is 12.1 Å². The molecule has 1 aromatic carbocycles. The zero-order chi connectivity index (χ0) is 19.6. The molecular formula is C20H28N2O5. The molecule has 0 fully saturated rings. The zero-order valence-electron chi connectivity index (χ0n) is 16.0. The van der Waals surface area contributed by atoms with Gasteiger partial charge in [0, 0.05) is 18.3 Å². The van der Waals surface area contributed by atoms with Crippen LogP contribution >= 0.6 is 0 Å². The number of amides is 1. The zero-order valence-corrected chi connectivity index (χ0v) is 16.0. The van der Waals surface area contributed by atoms with Gasteiger partial charge in [0.25, 0.3) is 5.91 Å². The standard InChI is InChI=1S/C20H28N2O5/c1-3-4-5-6-12-27-16-9-7-8-15(13-16)21-18-17(20(25)26-2)14-22(10-11-23)19(18)24/h7-9,13,21,23H,3-6,10-12,14H2,1-2H3. The number of β-amino-alcohol motifs (C(OH)–C–C–N with tert-alkyl or cyclic N) is 1. The SMILES string of the molecule is CCCCCCOc1cccc(NC2=C(C(=O)OC)CN(CCO)C2=O)c1. The van der Waals surface area contributed by atoms with Crippen LogP contribution < -0.4 is 10.1 Å². The predicted octanol–water partition coefficient (Wildman–Crippen LogP) is 2.32. The van der Waals surface area contributed by atoms with Crippen LogP contribution in [0.25, 0.3) is 0 Å². The summed E-state index contributed by atoms with van der Waals surface area (Å²) < 4.78 is 10.5. The summed E-state index contributed by atoms with van der Waals surface area (Å²) in [5, 5.41) is 12.1. The third-order valence-corrected chi connectivity index (χ3v) is 4.32. The van der Waals surface area contributed by atoms with Gasteiger partial charge in [-0.15, -0.1) is 0 Å². The molecule has 1 aliphatic rings. The maximum absolute atomic E-state index is 12.5. The highest BCUT2D eigenvalue weighted by molar-refractivity contribution is 6.08. The van der Waals surface area contributed by atoms with Gasteiger partial charge in [-0.2, -0.15) is 0 Å². The van der Waals surface area contributed by atoms with Crippen molar-refractivity contribution in [3.63, 3.8) is 0 Å². The number of nitrogens with one attached hydrogen (secondary N) is 1. The molecule has 7 nitrogen and oxygen atoms in total. The molecular weight excluding hydrogens is 348 g/mol. The van der Waals surface area contributed by atoms with Crippen LogP contribution in [0.15, 0.2) is 35.5 Å². The molecule has 148 valence electrons. The van der Waals surface area contributed by atoms with Gasteiger partial charge in [-0.25, -0.2) is 4.79 Å². The molecule has 27 heavy (non-hydrogen) atoms. The quantitative estimate of drug-likeness (QED) is 0.455. The second-order valence-corrected chi connectivity index (χ2v) is 6.36. The summed E-state index contributed by atoms with van der Waals surface area (Å²) in [6, 6.07) is 7.28. The number of nitrogens with zero attached hydrogens (tertiary/aromatic N) is 1. The predicted molar refractivity (Wildman–Crippen MR) is 102 cm³/mol. The molecule has 0 unspecified atom stereocenters. The number of rotatable bonds is 11. The first kappa shape index (κ1) is 20.8. The molecule has 0 bridgehead atoms. The van der Waals surface area contributed by atoms with Gasteiger partial charge < -0.3 is 24.8 Å². The van der Waals surface area contributed by atoms with Gasteiger partial charge in [-0.05, 0) is 18.6 Å². The number of ether oxygens (including phenoxy) is 2. The fourth-order valence-corrected chi connectivity index (χ4v) is 2.88. The van der Waals surface area contributed by atoms with E-state index in [9.17, 15) is 9.59 Å². The van der Waals surface area contributed by atoms with Crippen LogP contribution in [0.5, 0.6) is 5.75 Å². The summed E-state index contributed by atoms with van der Waals surface area (Å²) >= 11 is 0. The minimum atomic E-state index is -0.561. The smallest absolute Gasteiger partial charge is 0.337 e. The normalized spacial score (nSPS) is 13.9. The third kappa shape index (κ3) is 5.72. The molecule has 0 saturated heterocycles. The van der Waals surface area contributed by atoms with E-state index in [-0.39, 0.29) is 36.9 Å². The topological polar surface area (TPSA) is 88.1 Å². The second-order valence-electron chi connectivity index (χ2n) is 6.36. The lowest BCUT2D eigenvalue weighted by Gasteiger charge is -2.15. The van der Waals surface area contributed by atoms with Crippen molar-refractivity contribution in [2.45, 2.75) is 32.6 Å². The molecule has 0 spiro atoms. The fourth-order valence-electron chi connectivity index (χ4n) is 2.88. The Labute approximate surface area is 159 Å². The average molecular weight is 376 g/mol. The summed E-state index contributed by atoms with van der Waals surface area (Å²) in [4.78, 5) is 26.0. The Morgan fingerprint density at radius 3 is 2.81 bits per heavy atom. The van der Waals surface area contributed by atoms with Gasteiger partial charge >= 0.3 is 5.97 Å². The first-order valence-electron chi connectivity index (χ1n) is 9.32. The van der Waals surface area contributed by atoms with Crippen LogP contribution in [-0.2, 0) is 14.3 Å². The van der Waals surface area contributed by atoms with Crippen LogP contribution in [0.1, 0.15) is 32.6 Å². The summed E-state index contributed by atoms with van der Waals surface area (Å²) in [7, 11) is 1.28. The first-order chi connectivity index (χ1) is 13.1. The summed E-state index contributed by atoms with van der Waals surface area (Å²) in [6.45, 7) is 2.91. The summed E-state index contributed by atoms with van der Waals surface area (Å²) in [6.07, 6.45) is 4.51. The van der Waals surface area contributed by atoms with Crippen molar-refractivity contribution in [1.29, 1.82) is 0 Å². The second kappa shape index (κ2) is 10.6. The maximum Gasteiger partial charge on any atom is 0.337 e. The van der Waals surface area contributed by atoms with E-state index in [4.69, 9.17) is 14.6 Å². The monoisotopic (exact) mass is 376 g/mol. The molecule has 0 aromatic heterocycles. The van der Waals surface area contributed by atoms with Crippen LogP contribution in [0, 0.1) is 0 Å². The Morgan fingerprint density at radius 1 is 1.30 bits per heavy atom. The van der Waals surface area contributed by atoms with E-state index < -0.39 is 5.97 Å². The number of methoxy groups -OCH3 is 1. The van der Waals surface area contributed by atoms with E-state index in [1.54, 1.807) is 12.1 Å². The highest BCUT2D eigenvalue weighted by atomic mass is 16.5. The fraction of sp³-hybridized carbons (Fsp3) is 0.500. The Kier molecular flexibility index (Phi) is 8.13. The third-order valence-electron chi connectivity index (χ3n) is 4.32. The largest absolute Gasteiger partial charge is 0.494 e. The minimum absolute atomic E-state index is 0.113. The lowest BCUT2D eigenvalue weighted by molar-refractivity contribution is -0.136. The number of carbonyl (C=O) groups is 2. The lowest BCUT2D eigenvalue weighted by atomic mass is 10.2.